The summed E-state index contributed by atoms with van der Waals surface area (Å²) < 4.78 is 0. The van der Waals surface area contributed by atoms with Crippen LogP contribution in [-0.4, -0.2) is 15.8 Å². The highest BCUT2D eigenvalue weighted by Crippen LogP contribution is 2.13. The molecule has 0 aromatic heterocycles. The van der Waals surface area contributed by atoms with Gasteiger partial charge >= 0.3 is 0 Å². The van der Waals surface area contributed by atoms with Crippen molar-refractivity contribution in [2.45, 2.75) is 6.42 Å². The summed E-state index contributed by atoms with van der Waals surface area (Å²) in [5.74, 6) is 0. The van der Waals surface area contributed by atoms with Crippen LogP contribution in [0.15, 0.2) is 42.1 Å². The number of hydrogen-bond acceptors (Lipinski definition) is 4. The first kappa shape index (κ1) is 10.9. The van der Waals surface area contributed by atoms with E-state index in [1.807, 2.05) is 0 Å². The summed E-state index contributed by atoms with van der Waals surface area (Å²) in [6.45, 7) is 3.52. The molecular weight excluding hydrogens is 196 g/mol. The number of hydrogen-bond donors (Lipinski definition) is 1. The van der Waals surface area contributed by atoms with Crippen molar-refractivity contribution in [3.63, 3.8) is 0 Å². The van der Waals surface area contributed by atoms with Gasteiger partial charge in [0.25, 0.3) is 5.69 Å². The van der Waals surface area contributed by atoms with Crippen LogP contribution >= 0.6 is 0 Å². The van der Waals surface area contributed by atoms with Gasteiger partial charge in [-0.15, -0.1) is 6.58 Å². The van der Waals surface area contributed by atoms with E-state index in [0.29, 0.717) is 17.7 Å². The molecule has 78 valence electrons. The Morgan fingerprint density at radius 1 is 1.53 bits per heavy atom. The minimum Gasteiger partial charge on any atom is -0.411 e. The van der Waals surface area contributed by atoms with Crippen molar-refractivity contribution < 1.29 is 10.1 Å². The molecule has 0 spiro atoms. The second kappa shape index (κ2) is 4.90. The van der Waals surface area contributed by atoms with Gasteiger partial charge in [0, 0.05) is 24.1 Å². The molecule has 0 heterocycles. The zero-order valence-corrected chi connectivity index (χ0v) is 7.96. The van der Waals surface area contributed by atoms with E-state index in [1.165, 1.54) is 24.3 Å². The molecule has 0 bridgehead atoms. The number of non-ortho nitro benzene ring substituents is 1. The van der Waals surface area contributed by atoms with Crippen molar-refractivity contribution >= 4 is 11.4 Å². The molecular formula is C10H10N2O3. The summed E-state index contributed by atoms with van der Waals surface area (Å²) >= 11 is 0. The van der Waals surface area contributed by atoms with Gasteiger partial charge in [-0.3, -0.25) is 10.1 Å². The molecule has 0 saturated carbocycles. The fraction of sp³-hybridized carbons (Fsp3) is 0.100. The average molecular weight is 206 g/mol. The Bertz CT molecular complexity index is 396. The van der Waals surface area contributed by atoms with Gasteiger partial charge in [0.05, 0.1) is 10.6 Å². The Labute approximate surface area is 86.5 Å². The van der Waals surface area contributed by atoms with Crippen molar-refractivity contribution in [3.05, 3.63) is 52.6 Å². The van der Waals surface area contributed by atoms with E-state index in [0.717, 1.165) is 0 Å². The molecule has 5 nitrogen and oxygen atoms in total. The third-order valence-electron chi connectivity index (χ3n) is 1.87. The highest BCUT2D eigenvalue weighted by atomic mass is 16.6. The first-order valence-electron chi connectivity index (χ1n) is 4.25. The van der Waals surface area contributed by atoms with Gasteiger partial charge in [-0.25, -0.2) is 0 Å². The molecule has 0 saturated heterocycles. The number of benzene rings is 1. The Hall–Kier alpha value is -2.17. The van der Waals surface area contributed by atoms with Crippen LogP contribution in [-0.2, 0) is 0 Å². The lowest BCUT2D eigenvalue weighted by molar-refractivity contribution is -0.384. The van der Waals surface area contributed by atoms with Crippen LogP contribution in [0, 0.1) is 10.1 Å². The summed E-state index contributed by atoms with van der Waals surface area (Å²) in [6, 6.07) is 5.81. The van der Waals surface area contributed by atoms with E-state index in [2.05, 4.69) is 11.7 Å². The van der Waals surface area contributed by atoms with Crippen LogP contribution in [0.25, 0.3) is 0 Å². The molecule has 0 atom stereocenters. The molecule has 0 aliphatic carbocycles. The predicted octanol–water partition coefficient (Wildman–Crippen LogP) is 2.35. The molecule has 1 aromatic carbocycles. The van der Waals surface area contributed by atoms with Crippen LogP contribution in [0.1, 0.15) is 12.0 Å². The third kappa shape index (κ3) is 2.63. The van der Waals surface area contributed by atoms with E-state index >= 15 is 0 Å². The molecule has 15 heavy (non-hydrogen) atoms. The fourth-order valence-electron chi connectivity index (χ4n) is 1.13. The molecule has 0 aliphatic heterocycles. The molecule has 0 radical (unpaired) electrons. The highest BCUT2D eigenvalue weighted by Gasteiger charge is 2.07. The molecule has 1 N–H and O–H groups in total. The fourth-order valence-corrected chi connectivity index (χ4v) is 1.13. The van der Waals surface area contributed by atoms with E-state index in [9.17, 15) is 10.1 Å². The second-order valence-electron chi connectivity index (χ2n) is 2.84. The first-order valence-corrected chi connectivity index (χ1v) is 4.25. The van der Waals surface area contributed by atoms with Gasteiger partial charge in [-0.05, 0) is 12.1 Å². The SMILES string of the molecule is C=CCC(=NO)c1ccc([N+](=O)[O-])cc1. The summed E-state index contributed by atoms with van der Waals surface area (Å²) in [6.07, 6.45) is 2.00. The number of oxime groups is 1. The number of allylic oxidation sites excluding steroid dienone is 1. The minimum atomic E-state index is -0.479. The molecule has 0 fully saturated rings. The van der Waals surface area contributed by atoms with Crippen molar-refractivity contribution in [2.75, 3.05) is 0 Å². The van der Waals surface area contributed by atoms with Crippen LogP contribution in [0.2, 0.25) is 0 Å². The Balaban J connectivity index is 2.97. The van der Waals surface area contributed by atoms with E-state index in [-0.39, 0.29) is 5.69 Å². The van der Waals surface area contributed by atoms with E-state index in [4.69, 9.17) is 5.21 Å². The summed E-state index contributed by atoms with van der Waals surface area (Å²) in [4.78, 5) is 9.91. The summed E-state index contributed by atoms with van der Waals surface area (Å²) in [7, 11) is 0. The largest absolute Gasteiger partial charge is 0.411 e. The van der Waals surface area contributed by atoms with Crippen molar-refractivity contribution in [2.24, 2.45) is 5.16 Å². The minimum absolute atomic E-state index is 0.00893. The zero-order chi connectivity index (χ0) is 11.3. The number of nitro groups is 1. The number of nitrogens with zero attached hydrogens (tertiary/aromatic N) is 2. The second-order valence-corrected chi connectivity index (χ2v) is 2.84. The Kier molecular flexibility index (Phi) is 3.56. The van der Waals surface area contributed by atoms with E-state index < -0.39 is 4.92 Å². The topological polar surface area (TPSA) is 75.7 Å². The van der Waals surface area contributed by atoms with Crippen LogP contribution in [0.4, 0.5) is 5.69 Å². The van der Waals surface area contributed by atoms with Gasteiger partial charge < -0.3 is 5.21 Å². The molecule has 0 aliphatic rings. The number of rotatable bonds is 4. The maximum absolute atomic E-state index is 10.4. The standard InChI is InChI=1S/C10H10N2O3/c1-2-3-10(11-13)8-4-6-9(7-5-8)12(14)15/h2,4-7,13H,1,3H2. The lowest BCUT2D eigenvalue weighted by Crippen LogP contribution is -1.99. The van der Waals surface area contributed by atoms with Crippen LogP contribution < -0.4 is 0 Å². The summed E-state index contributed by atoms with van der Waals surface area (Å²) in [5, 5.41) is 22.2. The molecule has 5 heteroatoms. The van der Waals surface area contributed by atoms with Crippen LogP contribution in [0.3, 0.4) is 0 Å². The summed E-state index contributed by atoms with van der Waals surface area (Å²) in [5.41, 5.74) is 1.08. The van der Waals surface area contributed by atoms with Crippen molar-refractivity contribution in [1.82, 2.24) is 0 Å². The van der Waals surface area contributed by atoms with Gasteiger partial charge in [-0.2, -0.15) is 0 Å². The maximum Gasteiger partial charge on any atom is 0.269 e. The van der Waals surface area contributed by atoms with Gasteiger partial charge in [0.1, 0.15) is 0 Å². The van der Waals surface area contributed by atoms with Crippen molar-refractivity contribution in [3.8, 4) is 0 Å². The highest BCUT2D eigenvalue weighted by molar-refractivity contribution is 6.01. The monoisotopic (exact) mass is 206 g/mol. The quantitative estimate of drug-likeness (QED) is 0.270. The van der Waals surface area contributed by atoms with Gasteiger partial charge in [0.2, 0.25) is 0 Å². The normalized spacial score (nSPS) is 11.1. The van der Waals surface area contributed by atoms with E-state index in [1.54, 1.807) is 6.08 Å². The number of nitro benzene ring substituents is 1. The Morgan fingerprint density at radius 2 is 2.13 bits per heavy atom. The van der Waals surface area contributed by atoms with Gasteiger partial charge in [0.15, 0.2) is 0 Å². The third-order valence-corrected chi connectivity index (χ3v) is 1.87. The lowest BCUT2D eigenvalue weighted by atomic mass is 10.1. The first-order chi connectivity index (χ1) is 7.19. The Morgan fingerprint density at radius 3 is 2.53 bits per heavy atom. The smallest absolute Gasteiger partial charge is 0.269 e. The molecule has 0 amide bonds. The zero-order valence-electron chi connectivity index (χ0n) is 7.96. The lowest BCUT2D eigenvalue weighted by Gasteiger charge is -2.00. The molecule has 0 unspecified atom stereocenters. The van der Waals surface area contributed by atoms with Crippen LogP contribution in [0.5, 0.6) is 0 Å². The molecule has 1 rings (SSSR count). The predicted molar refractivity (Wildman–Crippen MR) is 56.2 cm³/mol. The van der Waals surface area contributed by atoms with Gasteiger partial charge in [-0.1, -0.05) is 11.2 Å². The molecule has 1 aromatic rings. The maximum atomic E-state index is 10.4. The van der Waals surface area contributed by atoms with Crippen molar-refractivity contribution in [1.29, 1.82) is 0 Å². The average Bonchev–Trinajstić information content (AvgIpc) is 2.26.